The van der Waals surface area contributed by atoms with Crippen LogP contribution < -0.4 is 24.8 Å². The number of nitrogens with zero attached hydrogens (tertiary/aromatic N) is 2. The van der Waals surface area contributed by atoms with E-state index < -0.39 is 74.7 Å². The van der Waals surface area contributed by atoms with Crippen molar-refractivity contribution in [2.24, 2.45) is 17.8 Å². The van der Waals surface area contributed by atoms with Crippen molar-refractivity contribution in [3.05, 3.63) is 55.8 Å². The Balaban J connectivity index is 1.43. The van der Waals surface area contributed by atoms with Gasteiger partial charge in [-0.05, 0) is 50.0 Å². The summed E-state index contributed by atoms with van der Waals surface area (Å²) in [5.74, 6) is -2.12. The van der Waals surface area contributed by atoms with Gasteiger partial charge in [-0.15, -0.1) is 13.2 Å². The molecule has 3 fully saturated rings. The van der Waals surface area contributed by atoms with Crippen LogP contribution in [0.15, 0.2) is 55.8 Å². The van der Waals surface area contributed by atoms with Gasteiger partial charge in [0.25, 0.3) is 5.91 Å². The van der Waals surface area contributed by atoms with E-state index >= 15 is 0 Å². The standard InChI is InChI=1S/C36H47N5O9S/c1-6-21(3)11-10-12-22(4)30(38-35(45)46)33(43)41-20-24(50-32-27-14-9-8-13-26(27)29(49-5)19-37-32)17-28(41)31(42)39-36(18-23(36)7-2)34(44)40-51(47,48)25-15-16-25/h6-9,13-14,19,21-25,28,30,38H,1-2,10-12,15-18,20H2,3-5H3,(H,39,42)(H,40,44)(H,45,46)/t21?,22-,23?,24-,28+,30+,36?/m1/s1. The maximum absolute atomic E-state index is 14.3. The van der Waals surface area contributed by atoms with Gasteiger partial charge >= 0.3 is 6.09 Å². The van der Waals surface area contributed by atoms with Crippen LogP contribution in [-0.4, -0.2) is 89.9 Å². The number of rotatable bonds is 17. The highest BCUT2D eigenvalue weighted by Crippen LogP contribution is 2.45. The third kappa shape index (κ3) is 8.29. The van der Waals surface area contributed by atoms with E-state index in [0.717, 1.165) is 18.2 Å². The second-order valence-corrected chi connectivity index (χ2v) is 15.9. The van der Waals surface area contributed by atoms with Crippen LogP contribution in [0.3, 0.4) is 0 Å². The zero-order valence-electron chi connectivity index (χ0n) is 29.2. The van der Waals surface area contributed by atoms with Crippen molar-refractivity contribution in [1.82, 2.24) is 25.2 Å². The Morgan fingerprint density at radius 2 is 1.84 bits per heavy atom. The summed E-state index contributed by atoms with van der Waals surface area (Å²) in [7, 11) is -2.38. The van der Waals surface area contributed by atoms with Crippen molar-refractivity contribution >= 4 is 44.6 Å². The van der Waals surface area contributed by atoms with Gasteiger partial charge in [-0.1, -0.05) is 50.6 Å². The van der Waals surface area contributed by atoms with Crippen molar-refractivity contribution in [3.8, 4) is 11.6 Å². The first-order valence-corrected chi connectivity index (χ1v) is 18.8. The average molecular weight is 726 g/mol. The molecule has 276 valence electrons. The van der Waals surface area contributed by atoms with Gasteiger partial charge in [0, 0.05) is 23.1 Å². The minimum atomic E-state index is -3.91. The number of sulfonamides is 1. The normalized spacial score (nSPS) is 24.5. The highest BCUT2D eigenvalue weighted by atomic mass is 32.2. The summed E-state index contributed by atoms with van der Waals surface area (Å²) >= 11 is 0. The van der Waals surface area contributed by atoms with Crippen LogP contribution in [-0.2, 0) is 24.4 Å². The molecule has 4 amide bonds. The van der Waals surface area contributed by atoms with E-state index in [0.29, 0.717) is 30.4 Å². The van der Waals surface area contributed by atoms with Crippen LogP contribution in [0.2, 0.25) is 0 Å². The number of aromatic nitrogens is 1. The van der Waals surface area contributed by atoms with E-state index in [1.807, 2.05) is 37.3 Å². The number of amides is 4. The number of likely N-dealkylation sites (tertiary alicyclic amines) is 1. The lowest BCUT2D eigenvalue weighted by Gasteiger charge is -2.31. The number of carbonyl (C=O) groups is 4. The summed E-state index contributed by atoms with van der Waals surface area (Å²) in [5, 5.41) is 15.6. The number of methoxy groups -OCH3 is 1. The summed E-state index contributed by atoms with van der Waals surface area (Å²) < 4.78 is 39.2. The second-order valence-electron chi connectivity index (χ2n) is 13.9. The first-order chi connectivity index (χ1) is 24.2. The van der Waals surface area contributed by atoms with Crippen molar-refractivity contribution in [2.45, 2.75) is 87.8 Å². The lowest BCUT2D eigenvalue weighted by molar-refractivity contribution is -0.142. The van der Waals surface area contributed by atoms with E-state index in [1.54, 1.807) is 6.92 Å². The molecular formula is C36H47N5O9S. The molecule has 1 aromatic heterocycles. The average Bonchev–Trinajstić information content (AvgIpc) is 4.03. The van der Waals surface area contributed by atoms with Crippen molar-refractivity contribution < 1.29 is 42.2 Å². The molecule has 0 radical (unpaired) electrons. The van der Waals surface area contributed by atoms with E-state index in [9.17, 15) is 32.7 Å². The predicted octanol–water partition coefficient (Wildman–Crippen LogP) is 3.53. The molecule has 4 N–H and O–H groups in total. The molecule has 2 saturated carbocycles. The molecule has 0 bridgehead atoms. The molecule has 5 rings (SSSR count). The van der Waals surface area contributed by atoms with Crippen LogP contribution in [0, 0.1) is 17.8 Å². The summed E-state index contributed by atoms with van der Waals surface area (Å²) in [4.78, 5) is 59.6. The first kappa shape index (κ1) is 37.6. The topological polar surface area (TPSA) is 193 Å². The molecule has 7 atom stereocenters. The number of carboxylic acid groups (broad SMARTS) is 1. The Kier molecular flexibility index (Phi) is 11.3. The molecule has 1 saturated heterocycles. The van der Waals surface area contributed by atoms with Crippen molar-refractivity contribution in [1.29, 1.82) is 0 Å². The van der Waals surface area contributed by atoms with Crippen LogP contribution in [0.5, 0.6) is 11.6 Å². The molecule has 2 heterocycles. The van der Waals surface area contributed by atoms with Crippen LogP contribution >= 0.6 is 0 Å². The number of ether oxygens (including phenoxy) is 2. The Labute approximate surface area is 298 Å². The smallest absolute Gasteiger partial charge is 0.405 e. The molecule has 51 heavy (non-hydrogen) atoms. The minimum Gasteiger partial charge on any atom is -0.494 e. The quantitative estimate of drug-likeness (QED) is 0.175. The number of allylic oxidation sites excluding steroid dienone is 1. The molecule has 3 unspecified atom stereocenters. The minimum absolute atomic E-state index is 0.0124. The van der Waals surface area contributed by atoms with Gasteiger partial charge in [0.15, 0.2) is 0 Å². The second kappa shape index (κ2) is 15.3. The first-order valence-electron chi connectivity index (χ1n) is 17.3. The molecule has 1 aliphatic heterocycles. The van der Waals surface area contributed by atoms with Gasteiger partial charge in [0.05, 0.1) is 25.1 Å². The maximum atomic E-state index is 14.3. The molecular weight excluding hydrogens is 678 g/mol. The lowest BCUT2D eigenvalue weighted by atomic mass is 9.92. The van der Waals surface area contributed by atoms with E-state index in [2.05, 4.69) is 33.5 Å². The monoisotopic (exact) mass is 725 g/mol. The number of hydrogen-bond donors (Lipinski definition) is 4. The SMILES string of the molecule is C=CC(C)CCC[C@@H](C)[C@H](NC(=O)O)C(=O)N1C[C@H](Oc2ncc(OC)c3ccccc23)C[C@H]1C(=O)NC1(C(=O)NS(=O)(=O)C2CC2)CC1C=C. The van der Waals surface area contributed by atoms with Crippen LogP contribution in [0.1, 0.15) is 58.8 Å². The fraction of sp³-hybridized carbons (Fsp3) is 0.528. The number of carbonyl (C=O) groups excluding carboxylic acids is 3. The van der Waals surface area contributed by atoms with Crippen LogP contribution in [0.25, 0.3) is 10.8 Å². The third-order valence-corrected chi connectivity index (χ3v) is 12.0. The molecule has 2 aliphatic carbocycles. The van der Waals surface area contributed by atoms with Gasteiger partial charge in [-0.25, -0.2) is 18.2 Å². The molecule has 2 aromatic rings. The Hall–Kier alpha value is -4.66. The fourth-order valence-corrected chi connectivity index (χ4v) is 8.12. The number of pyridine rings is 1. The number of hydrogen-bond acceptors (Lipinski definition) is 9. The van der Waals surface area contributed by atoms with Gasteiger partial charge < -0.3 is 30.1 Å². The van der Waals surface area contributed by atoms with Gasteiger partial charge in [-0.3, -0.25) is 19.1 Å². The summed E-state index contributed by atoms with van der Waals surface area (Å²) in [5.41, 5.74) is -1.57. The summed E-state index contributed by atoms with van der Waals surface area (Å²) in [6.45, 7) is 11.3. The lowest BCUT2D eigenvalue weighted by Crippen LogP contribution is -2.59. The van der Waals surface area contributed by atoms with Gasteiger partial charge in [0.1, 0.15) is 29.5 Å². The number of fused-ring (bicyclic) bond motifs is 1. The Morgan fingerprint density at radius 3 is 2.45 bits per heavy atom. The predicted molar refractivity (Wildman–Crippen MR) is 189 cm³/mol. The van der Waals surface area contributed by atoms with E-state index in [1.165, 1.54) is 24.3 Å². The number of benzene rings is 1. The molecule has 15 heteroatoms. The summed E-state index contributed by atoms with van der Waals surface area (Å²) in [6.07, 6.45) is 5.75. The van der Waals surface area contributed by atoms with Gasteiger partial charge in [0.2, 0.25) is 27.7 Å². The molecule has 1 aromatic carbocycles. The van der Waals surface area contributed by atoms with E-state index in [4.69, 9.17) is 9.47 Å². The zero-order valence-corrected chi connectivity index (χ0v) is 30.0. The molecule has 0 spiro atoms. The highest BCUT2D eigenvalue weighted by Gasteiger charge is 2.62. The third-order valence-electron chi connectivity index (χ3n) is 10.2. The van der Waals surface area contributed by atoms with Crippen molar-refractivity contribution in [2.75, 3.05) is 13.7 Å². The molecule has 14 nitrogen and oxygen atoms in total. The Bertz CT molecular complexity index is 1800. The number of nitrogens with one attached hydrogen (secondary N) is 3. The van der Waals surface area contributed by atoms with E-state index in [-0.39, 0.29) is 31.2 Å². The maximum Gasteiger partial charge on any atom is 0.405 e. The Morgan fingerprint density at radius 1 is 1.14 bits per heavy atom. The molecule has 3 aliphatic rings. The highest BCUT2D eigenvalue weighted by molar-refractivity contribution is 7.91. The van der Waals surface area contributed by atoms with Crippen LogP contribution in [0.4, 0.5) is 4.79 Å². The van der Waals surface area contributed by atoms with Gasteiger partial charge in [-0.2, -0.15) is 0 Å². The summed E-state index contributed by atoms with van der Waals surface area (Å²) in [6, 6.07) is 4.95. The zero-order chi connectivity index (χ0) is 37.1. The largest absolute Gasteiger partial charge is 0.494 e. The van der Waals surface area contributed by atoms with Crippen molar-refractivity contribution in [3.63, 3.8) is 0 Å². The fourth-order valence-electron chi connectivity index (χ4n) is 6.75.